The number of pyridine rings is 1. The third-order valence-electron chi connectivity index (χ3n) is 5.57. The normalized spacial score (nSPS) is 16.3. The Bertz CT molecular complexity index is 1090. The van der Waals surface area contributed by atoms with Gasteiger partial charge in [-0.25, -0.2) is 14.6 Å². The second kappa shape index (κ2) is 6.70. The van der Waals surface area contributed by atoms with Crippen molar-refractivity contribution in [3.63, 3.8) is 0 Å². The van der Waals surface area contributed by atoms with Crippen molar-refractivity contribution in [2.75, 3.05) is 13.1 Å². The van der Waals surface area contributed by atoms with Crippen LogP contribution in [0.4, 0.5) is 0 Å². The summed E-state index contributed by atoms with van der Waals surface area (Å²) in [5.74, 6) is 0.451. The molecule has 1 aromatic carbocycles. The van der Waals surface area contributed by atoms with E-state index in [4.69, 9.17) is 5.10 Å². The first-order valence-corrected chi connectivity index (χ1v) is 9.48. The number of piperidine rings is 1. The Morgan fingerprint density at radius 3 is 2.59 bits per heavy atom. The van der Waals surface area contributed by atoms with Crippen molar-refractivity contribution in [3.8, 4) is 0 Å². The Morgan fingerprint density at radius 1 is 0.926 bits per heavy atom. The van der Waals surface area contributed by atoms with Crippen LogP contribution in [0.5, 0.6) is 0 Å². The molecule has 4 aromatic rings. The van der Waals surface area contributed by atoms with Crippen LogP contribution in [0.15, 0.2) is 48.9 Å². The zero-order valence-electron chi connectivity index (χ0n) is 15.4. The maximum Gasteiger partial charge on any atom is 0.176 e. The van der Waals surface area contributed by atoms with Crippen molar-refractivity contribution < 1.29 is 0 Å². The number of benzene rings is 1. The molecule has 0 unspecified atom stereocenters. The highest BCUT2D eigenvalue weighted by atomic mass is 15.3. The van der Waals surface area contributed by atoms with Gasteiger partial charge in [-0.15, -0.1) is 0 Å². The quantitative estimate of drug-likeness (QED) is 0.562. The Balaban J connectivity index is 1.33. The fourth-order valence-electron chi connectivity index (χ4n) is 4.18. The van der Waals surface area contributed by atoms with Crippen LogP contribution in [0.2, 0.25) is 0 Å². The van der Waals surface area contributed by atoms with Gasteiger partial charge in [0.15, 0.2) is 5.65 Å². The van der Waals surface area contributed by atoms with Gasteiger partial charge in [0.1, 0.15) is 5.52 Å². The molecule has 6 heteroatoms. The molecule has 1 aliphatic rings. The minimum atomic E-state index is 0.451. The summed E-state index contributed by atoms with van der Waals surface area (Å²) in [4.78, 5) is 16.1. The van der Waals surface area contributed by atoms with E-state index in [-0.39, 0.29) is 0 Å². The Morgan fingerprint density at radius 2 is 1.70 bits per heavy atom. The van der Waals surface area contributed by atoms with E-state index in [1.165, 1.54) is 10.9 Å². The van der Waals surface area contributed by atoms with Crippen LogP contribution in [0.3, 0.4) is 0 Å². The smallest absolute Gasteiger partial charge is 0.176 e. The van der Waals surface area contributed by atoms with Crippen molar-refractivity contribution in [2.45, 2.75) is 25.3 Å². The number of likely N-dealkylation sites (tertiary alicyclic amines) is 1. The first-order chi connectivity index (χ1) is 13.3. The molecule has 0 radical (unpaired) electrons. The fraction of sp³-hybridized carbons (Fsp3) is 0.333. The SMILES string of the molecule is Cn1nc(C2CCN(Cc3cccc4cccnc34)CC2)c2nccnc21. The van der Waals surface area contributed by atoms with Crippen LogP contribution >= 0.6 is 0 Å². The summed E-state index contributed by atoms with van der Waals surface area (Å²) in [6.45, 7) is 3.07. The van der Waals surface area contributed by atoms with E-state index in [0.29, 0.717) is 5.92 Å². The molecule has 6 nitrogen and oxygen atoms in total. The van der Waals surface area contributed by atoms with Crippen molar-refractivity contribution >= 4 is 22.1 Å². The summed E-state index contributed by atoms with van der Waals surface area (Å²) >= 11 is 0. The van der Waals surface area contributed by atoms with Gasteiger partial charge in [-0.1, -0.05) is 24.3 Å². The molecule has 1 fully saturated rings. The molecule has 27 heavy (non-hydrogen) atoms. The minimum absolute atomic E-state index is 0.451. The third-order valence-corrected chi connectivity index (χ3v) is 5.57. The number of hydrogen-bond acceptors (Lipinski definition) is 5. The molecule has 1 saturated heterocycles. The predicted octanol–water partition coefficient (Wildman–Crippen LogP) is 3.29. The zero-order chi connectivity index (χ0) is 18.2. The molecule has 0 N–H and O–H groups in total. The maximum atomic E-state index is 4.73. The Kier molecular flexibility index (Phi) is 4.05. The van der Waals surface area contributed by atoms with Crippen molar-refractivity contribution in [1.82, 2.24) is 29.6 Å². The number of fused-ring (bicyclic) bond motifs is 2. The molecule has 0 atom stereocenters. The molecule has 3 aromatic heterocycles. The van der Waals surface area contributed by atoms with Gasteiger partial charge in [0.2, 0.25) is 0 Å². The summed E-state index contributed by atoms with van der Waals surface area (Å²) in [5.41, 5.74) is 5.36. The first kappa shape index (κ1) is 16.3. The molecule has 4 heterocycles. The lowest BCUT2D eigenvalue weighted by molar-refractivity contribution is 0.204. The molecule has 0 bridgehead atoms. The first-order valence-electron chi connectivity index (χ1n) is 9.48. The highest BCUT2D eigenvalue weighted by molar-refractivity contribution is 5.81. The number of aromatic nitrogens is 5. The van der Waals surface area contributed by atoms with E-state index >= 15 is 0 Å². The van der Waals surface area contributed by atoms with Crippen LogP contribution in [0, 0.1) is 0 Å². The second-order valence-corrected chi connectivity index (χ2v) is 7.28. The van der Waals surface area contributed by atoms with Gasteiger partial charge in [0, 0.05) is 43.5 Å². The molecular formula is C21H22N6. The van der Waals surface area contributed by atoms with Gasteiger partial charge in [-0.3, -0.25) is 9.88 Å². The molecule has 0 aliphatic carbocycles. The largest absolute Gasteiger partial charge is 0.299 e. The number of nitrogens with zero attached hydrogens (tertiary/aromatic N) is 6. The van der Waals surface area contributed by atoms with E-state index in [1.54, 1.807) is 12.4 Å². The predicted molar refractivity (Wildman–Crippen MR) is 105 cm³/mol. The van der Waals surface area contributed by atoms with Gasteiger partial charge in [0.25, 0.3) is 0 Å². The van der Waals surface area contributed by atoms with Gasteiger partial charge in [-0.05, 0) is 37.6 Å². The van der Waals surface area contributed by atoms with Crippen LogP contribution in [0.25, 0.3) is 22.1 Å². The van der Waals surface area contributed by atoms with E-state index in [9.17, 15) is 0 Å². The van der Waals surface area contributed by atoms with Crippen LogP contribution in [0.1, 0.15) is 30.0 Å². The van der Waals surface area contributed by atoms with Crippen LogP contribution in [-0.4, -0.2) is 42.7 Å². The molecular weight excluding hydrogens is 336 g/mol. The maximum absolute atomic E-state index is 4.73. The number of para-hydroxylation sites is 1. The van der Waals surface area contributed by atoms with Crippen molar-refractivity contribution in [2.24, 2.45) is 7.05 Å². The Hall–Kier alpha value is -2.86. The third kappa shape index (κ3) is 2.96. The van der Waals surface area contributed by atoms with Gasteiger partial charge in [-0.2, -0.15) is 5.10 Å². The second-order valence-electron chi connectivity index (χ2n) is 7.28. The summed E-state index contributed by atoms with van der Waals surface area (Å²) in [6, 6.07) is 10.6. The van der Waals surface area contributed by atoms with E-state index in [0.717, 1.165) is 54.9 Å². The number of rotatable bonds is 3. The van der Waals surface area contributed by atoms with Crippen LogP contribution in [-0.2, 0) is 13.6 Å². The fourth-order valence-corrected chi connectivity index (χ4v) is 4.18. The van der Waals surface area contributed by atoms with Crippen molar-refractivity contribution in [3.05, 3.63) is 60.2 Å². The summed E-state index contributed by atoms with van der Waals surface area (Å²) in [5, 5.41) is 5.94. The molecule has 1 aliphatic heterocycles. The van der Waals surface area contributed by atoms with Crippen LogP contribution < -0.4 is 0 Å². The lowest BCUT2D eigenvalue weighted by Gasteiger charge is -2.31. The lowest BCUT2D eigenvalue weighted by Crippen LogP contribution is -2.32. The zero-order valence-corrected chi connectivity index (χ0v) is 15.4. The molecule has 5 rings (SSSR count). The number of aryl methyl sites for hydroxylation is 1. The topological polar surface area (TPSA) is 59.7 Å². The molecule has 0 saturated carbocycles. The minimum Gasteiger partial charge on any atom is -0.299 e. The summed E-state index contributed by atoms with van der Waals surface area (Å²) in [6.07, 6.45) is 7.57. The van der Waals surface area contributed by atoms with Gasteiger partial charge in [0.05, 0.1) is 11.2 Å². The van der Waals surface area contributed by atoms with Crippen molar-refractivity contribution in [1.29, 1.82) is 0 Å². The van der Waals surface area contributed by atoms with Gasteiger partial charge < -0.3 is 0 Å². The molecule has 136 valence electrons. The van der Waals surface area contributed by atoms with E-state index in [1.807, 2.05) is 24.0 Å². The average molecular weight is 358 g/mol. The van der Waals surface area contributed by atoms with E-state index in [2.05, 4.69) is 44.1 Å². The molecule has 0 amide bonds. The monoisotopic (exact) mass is 358 g/mol. The highest BCUT2D eigenvalue weighted by Crippen LogP contribution is 2.31. The number of hydrogen-bond donors (Lipinski definition) is 0. The van der Waals surface area contributed by atoms with E-state index < -0.39 is 0 Å². The summed E-state index contributed by atoms with van der Waals surface area (Å²) in [7, 11) is 1.95. The molecule has 0 spiro atoms. The standard InChI is InChI=1S/C21H22N6/c1-26-21-20(23-10-11-24-21)19(25-26)16-7-12-27(13-8-16)14-17-5-2-4-15-6-3-9-22-18(15)17/h2-6,9-11,16H,7-8,12-14H2,1H3. The van der Waals surface area contributed by atoms with Gasteiger partial charge >= 0.3 is 0 Å². The highest BCUT2D eigenvalue weighted by Gasteiger charge is 2.26. The summed E-state index contributed by atoms with van der Waals surface area (Å²) < 4.78 is 1.85. The average Bonchev–Trinajstić information content (AvgIpc) is 3.06. The Labute approximate surface area is 157 Å². The lowest BCUT2D eigenvalue weighted by atomic mass is 9.92.